The van der Waals surface area contributed by atoms with Gasteiger partial charge in [0.2, 0.25) is 0 Å². The Morgan fingerprint density at radius 2 is 2.00 bits per heavy atom. The van der Waals surface area contributed by atoms with Gasteiger partial charge in [-0.25, -0.2) is 0 Å². The molecule has 86 valence electrons. The fraction of sp³-hybridized carbons (Fsp3) is 0.455. The quantitative estimate of drug-likeness (QED) is 0.347. The van der Waals surface area contributed by atoms with Gasteiger partial charge >= 0.3 is 0 Å². The minimum Gasteiger partial charge on any atom is -0.494 e. The molecule has 0 unspecified atom stereocenters. The van der Waals surface area contributed by atoms with E-state index >= 15 is 0 Å². The molecular formula is C11H14BrN3O. The lowest BCUT2D eigenvalue weighted by Crippen LogP contribution is -1.99. The molecule has 0 radical (unpaired) electrons. The number of azide groups is 1. The molecule has 0 aromatic heterocycles. The van der Waals surface area contributed by atoms with E-state index < -0.39 is 0 Å². The number of nitrogens with zero attached hydrogens (tertiary/aromatic N) is 3. The summed E-state index contributed by atoms with van der Waals surface area (Å²) in [6.45, 7) is 5.11. The van der Waals surface area contributed by atoms with Crippen molar-refractivity contribution in [2.24, 2.45) is 5.11 Å². The van der Waals surface area contributed by atoms with Crippen molar-refractivity contribution in [2.75, 3.05) is 13.2 Å². The van der Waals surface area contributed by atoms with Crippen molar-refractivity contribution >= 4 is 15.9 Å². The van der Waals surface area contributed by atoms with Crippen LogP contribution < -0.4 is 4.74 Å². The Morgan fingerprint density at radius 1 is 1.38 bits per heavy atom. The van der Waals surface area contributed by atoms with Gasteiger partial charge in [-0.2, -0.15) is 0 Å². The second-order valence-electron chi connectivity index (χ2n) is 3.53. The molecule has 0 aliphatic heterocycles. The minimum atomic E-state index is 0.477. The molecule has 0 fully saturated rings. The highest BCUT2D eigenvalue weighted by molar-refractivity contribution is 9.10. The zero-order valence-electron chi connectivity index (χ0n) is 9.40. The highest BCUT2D eigenvalue weighted by Gasteiger charge is 2.02. The number of benzene rings is 1. The number of hydrogen-bond donors (Lipinski definition) is 0. The Labute approximate surface area is 103 Å². The average Bonchev–Trinajstić information content (AvgIpc) is 2.25. The third-order valence-electron chi connectivity index (χ3n) is 2.14. The third-order valence-corrected chi connectivity index (χ3v) is 3.40. The van der Waals surface area contributed by atoms with Gasteiger partial charge in [0.05, 0.1) is 6.61 Å². The summed E-state index contributed by atoms with van der Waals surface area (Å²) in [5.41, 5.74) is 10.4. The minimum absolute atomic E-state index is 0.477. The molecular weight excluding hydrogens is 270 g/mol. The Balaban J connectivity index is 2.51. The van der Waals surface area contributed by atoms with Crippen LogP contribution in [0.4, 0.5) is 0 Å². The van der Waals surface area contributed by atoms with E-state index in [0.29, 0.717) is 13.2 Å². The van der Waals surface area contributed by atoms with Gasteiger partial charge in [0.15, 0.2) is 0 Å². The first-order valence-corrected chi connectivity index (χ1v) is 5.85. The lowest BCUT2D eigenvalue weighted by Gasteiger charge is -2.09. The molecule has 0 saturated heterocycles. The molecule has 0 N–H and O–H groups in total. The van der Waals surface area contributed by atoms with Crippen molar-refractivity contribution in [3.8, 4) is 5.75 Å². The Hall–Kier alpha value is -1.19. The van der Waals surface area contributed by atoms with E-state index in [4.69, 9.17) is 10.3 Å². The highest BCUT2D eigenvalue weighted by atomic mass is 79.9. The predicted molar refractivity (Wildman–Crippen MR) is 67.7 cm³/mol. The number of aryl methyl sites for hydroxylation is 2. The van der Waals surface area contributed by atoms with Gasteiger partial charge in [-0.05, 0) is 49.1 Å². The lowest BCUT2D eigenvalue weighted by atomic mass is 10.1. The highest BCUT2D eigenvalue weighted by Crippen LogP contribution is 2.26. The van der Waals surface area contributed by atoms with Crippen molar-refractivity contribution < 1.29 is 4.74 Å². The van der Waals surface area contributed by atoms with Crippen LogP contribution in [0, 0.1) is 13.8 Å². The zero-order valence-corrected chi connectivity index (χ0v) is 11.0. The monoisotopic (exact) mass is 283 g/mol. The second-order valence-corrected chi connectivity index (χ2v) is 4.32. The van der Waals surface area contributed by atoms with Crippen LogP contribution in [0.1, 0.15) is 17.5 Å². The van der Waals surface area contributed by atoms with Crippen molar-refractivity contribution in [3.63, 3.8) is 0 Å². The molecule has 5 heteroatoms. The fourth-order valence-electron chi connectivity index (χ4n) is 1.36. The van der Waals surface area contributed by atoms with Crippen LogP contribution in [0.25, 0.3) is 10.4 Å². The summed E-state index contributed by atoms with van der Waals surface area (Å²) in [6, 6.07) is 3.98. The molecule has 0 atom stereocenters. The molecule has 0 aliphatic rings. The summed E-state index contributed by atoms with van der Waals surface area (Å²) in [7, 11) is 0. The smallest absolute Gasteiger partial charge is 0.119 e. The van der Waals surface area contributed by atoms with E-state index in [2.05, 4.69) is 26.0 Å². The number of rotatable bonds is 5. The molecule has 0 bridgehead atoms. The van der Waals surface area contributed by atoms with Gasteiger partial charge in [0.1, 0.15) is 5.75 Å². The molecule has 16 heavy (non-hydrogen) atoms. The maximum atomic E-state index is 8.10. The van der Waals surface area contributed by atoms with Crippen molar-refractivity contribution in [1.29, 1.82) is 0 Å². The maximum absolute atomic E-state index is 8.10. The fourth-order valence-corrected chi connectivity index (χ4v) is 1.59. The first-order valence-electron chi connectivity index (χ1n) is 5.05. The summed E-state index contributed by atoms with van der Waals surface area (Å²) in [6.07, 6.45) is 0.734. The van der Waals surface area contributed by atoms with Crippen LogP contribution in [0.2, 0.25) is 0 Å². The van der Waals surface area contributed by atoms with Gasteiger partial charge in [-0.15, -0.1) is 0 Å². The van der Waals surface area contributed by atoms with Crippen molar-refractivity contribution in [1.82, 2.24) is 0 Å². The molecule has 0 aliphatic carbocycles. The third kappa shape index (κ3) is 3.76. The van der Waals surface area contributed by atoms with E-state index in [1.165, 1.54) is 0 Å². The summed E-state index contributed by atoms with van der Waals surface area (Å²) in [5, 5.41) is 3.45. The Morgan fingerprint density at radius 3 is 2.56 bits per heavy atom. The van der Waals surface area contributed by atoms with Gasteiger partial charge in [-0.1, -0.05) is 21.0 Å². The largest absolute Gasteiger partial charge is 0.494 e. The summed E-state index contributed by atoms with van der Waals surface area (Å²) in [5.74, 6) is 0.860. The van der Waals surface area contributed by atoms with Crippen LogP contribution in [0.5, 0.6) is 5.75 Å². The number of halogens is 1. The molecule has 0 spiro atoms. The van der Waals surface area contributed by atoms with E-state index in [1.807, 2.05) is 26.0 Å². The molecule has 0 amide bonds. The van der Waals surface area contributed by atoms with E-state index in [1.54, 1.807) is 0 Å². The van der Waals surface area contributed by atoms with Crippen molar-refractivity contribution in [3.05, 3.63) is 38.2 Å². The van der Waals surface area contributed by atoms with E-state index in [9.17, 15) is 0 Å². The first-order chi connectivity index (χ1) is 7.65. The van der Waals surface area contributed by atoms with Crippen molar-refractivity contribution in [2.45, 2.75) is 20.3 Å². The maximum Gasteiger partial charge on any atom is 0.119 e. The molecule has 4 nitrogen and oxygen atoms in total. The predicted octanol–water partition coefficient (Wildman–Crippen LogP) is 4.15. The van der Waals surface area contributed by atoms with Gasteiger partial charge in [-0.3, -0.25) is 0 Å². The Bertz CT molecular complexity index is 391. The van der Waals surface area contributed by atoms with Gasteiger partial charge in [0.25, 0.3) is 0 Å². The average molecular weight is 284 g/mol. The molecule has 1 rings (SSSR count). The molecule has 1 aromatic rings. The zero-order chi connectivity index (χ0) is 12.0. The number of ether oxygens (including phenoxy) is 1. The van der Waals surface area contributed by atoms with E-state index in [-0.39, 0.29) is 0 Å². The second kappa shape index (κ2) is 6.40. The molecule has 1 aromatic carbocycles. The topological polar surface area (TPSA) is 58.0 Å². The normalized spacial score (nSPS) is 9.69. The molecule has 0 heterocycles. The van der Waals surface area contributed by atoms with Crippen LogP contribution in [-0.2, 0) is 0 Å². The summed E-state index contributed by atoms with van der Waals surface area (Å²) >= 11 is 3.50. The van der Waals surface area contributed by atoms with Gasteiger partial charge in [0, 0.05) is 15.9 Å². The van der Waals surface area contributed by atoms with Gasteiger partial charge < -0.3 is 4.74 Å². The summed E-state index contributed by atoms with van der Waals surface area (Å²) in [4.78, 5) is 2.68. The van der Waals surface area contributed by atoms with Crippen LogP contribution in [-0.4, -0.2) is 13.2 Å². The number of hydrogen-bond acceptors (Lipinski definition) is 2. The van der Waals surface area contributed by atoms with Crippen LogP contribution in [0.3, 0.4) is 0 Å². The van der Waals surface area contributed by atoms with E-state index in [0.717, 1.165) is 27.8 Å². The standard InChI is InChI=1S/C11H14BrN3O/c1-8-6-10(7-9(2)11(8)12)16-5-3-4-14-15-13/h6-7H,3-5H2,1-2H3. The summed E-state index contributed by atoms with van der Waals surface area (Å²) < 4.78 is 6.68. The lowest BCUT2D eigenvalue weighted by molar-refractivity contribution is 0.313. The van der Waals surface area contributed by atoms with Crippen LogP contribution >= 0.6 is 15.9 Å². The first kappa shape index (κ1) is 12.9. The van der Waals surface area contributed by atoms with Crippen LogP contribution in [0.15, 0.2) is 21.7 Å². The SMILES string of the molecule is Cc1cc(OCCCN=[N+]=[N-])cc(C)c1Br. The molecule has 0 saturated carbocycles. The Kier molecular flexibility index (Phi) is 5.15.